The van der Waals surface area contributed by atoms with Gasteiger partial charge in [0.2, 0.25) is 0 Å². The van der Waals surface area contributed by atoms with Crippen LogP contribution in [0.4, 0.5) is 4.79 Å². The average molecular weight is 242 g/mol. The molecule has 0 spiro atoms. The number of hydrogen-bond donors (Lipinski definition) is 1. The third-order valence-corrected chi connectivity index (χ3v) is 3.20. The molecule has 4 nitrogen and oxygen atoms in total. The van der Waals surface area contributed by atoms with Crippen LogP contribution in [0.15, 0.2) is 0 Å². The molecule has 1 unspecified atom stereocenters. The van der Waals surface area contributed by atoms with Gasteiger partial charge in [-0.2, -0.15) is 0 Å². The number of piperazine rings is 1. The predicted octanol–water partition coefficient (Wildman–Crippen LogP) is 2.24. The van der Waals surface area contributed by atoms with Crippen molar-refractivity contribution in [3.8, 4) is 0 Å². The molecule has 1 rings (SSSR count). The molecule has 0 bridgehead atoms. The quantitative estimate of drug-likeness (QED) is 0.825. The maximum Gasteiger partial charge on any atom is 0.410 e. The first-order chi connectivity index (χ1) is 7.86. The van der Waals surface area contributed by atoms with Crippen LogP contribution in [-0.4, -0.2) is 42.3 Å². The largest absolute Gasteiger partial charge is 0.450 e. The van der Waals surface area contributed by atoms with Crippen molar-refractivity contribution in [2.45, 2.75) is 52.6 Å². The molecule has 1 atom stereocenters. The molecule has 0 aromatic carbocycles. The molecule has 0 radical (unpaired) electrons. The van der Waals surface area contributed by atoms with Crippen LogP contribution < -0.4 is 5.32 Å². The molecule has 4 heteroatoms. The van der Waals surface area contributed by atoms with Crippen molar-refractivity contribution in [1.29, 1.82) is 0 Å². The fourth-order valence-electron chi connectivity index (χ4n) is 2.27. The zero-order valence-corrected chi connectivity index (χ0v) is 11.7. The van der Waals surface area contributed by atoms with E-state index < -0.39 is 0 Å². The molecule has 1 aliphatic rings. The van der Waals surface area contributed by atoms with Crippen LogP contribution in [0.1, 0.15) is 41.0 Å². The number of nitrogens with one attached hydrogen (secondary N) is 1. The van der Waals surface area contributed by atoms with Crippen LogP contribution in [0, 0.1) is 5.92 Å². The Balaban J connectivity index is 2.65. The maximum absolute atomic E-state index is 11.9. The van der Waals surface area contributed by atoms with Crippen LogP contribution in [0.25, 0.3) is 0 Å². The number of nitrogens with zero attached hydrogens (tertiary/aromatic N) is 1. The first kappa shape index (κ1) is 14.3. The molecule has 0 aliphatic carbocycles. The summed E-state index contributed by atoms with van der Waals surface area (Å²) in [4.78, 5) is 13.8. The normalized spacial score (nSPS) is 23.9. The highest BCUT2D eigenvalue weighted by molar-refractivity contribution is 5.69. The smallest absolute Gasteiger partial charge is 0.410 e. The van der Waals surface area contributed by atoms with Crippen molar-refractivity contribution in [2.75, 3.05) is 19.7 Å². The summed E-state index contributed by atoms with van der Waals surface area (Å²) < 4.78 is 5.13. The molecular weight excluding hydrogens is 216 g/mol. The fraction of sp³-hybridized carbons (Fsp3) is 0.923. The van der Waals surface area contributed by atoms with E-state index in [2.05, 4.69) is 33.0 Å². The summed E-state index contributed by atoms with van der Waals surface area (Å²) in [7, 11) is 0. The molecule has 100 valence electrons. The Morgan fingerprint density at radius 1 is 1.53 bits per heavy atom. The van der Waals surface area contributed by atoms with E-state index in [0.29, 0.717) is 18.6 Å². The molecule has 1 N–H and O–H groups in total. The van der Waals surface area contributed by atoms with Crippen molar-refractivity contribution in [3.63, 3.8) is 0 Å². The number of carbonyl (C=O) groups excluding carboxylic acids is 1. The summed E-state index contributed by atoms with van der Waals surface area (Å²) in [6.07, 6.45) is 0.902. The third kappa shape index (κ3) is 3.87. The summed E-state index contributed by atoms with van der Waals surface area (Å²) in [5.74, 6) is 0.637. The predicted molar refractivity (Wildman–Crippen MR) is 69.1 cm³/mol. The summed E-state index contributed by atoms with van der Waals surface area (Å²) in [5, 5.41) is 3.52. The highest BCUT2D eigenvalue weighted by atomic mass is 16.6. The van der Waals surface area contributed by atoms with Gasteiger partial charge in [-0.25, -0.2) is 4.79 Å². The van der Waals surface area contributed by atoms with Gasteiger partial charge in [0.1, 0.15) is 0 Å². The van der Waals surface area contributed by atoms with Gasteiger partial charge in [-0.15, -0.1) is 0 Å². The van der Waals surface area contributed by atoms with Gasteiger partial charge in [-0.1, -0.05) is 13.8 Å². The monoisotopic (exact) mass is 242 g/mol. The molecule has 17 heavy (non-hydrogen) atoms. The summed E-state index contributed by atoms with van der Waals surface area (Å²) in [5.41, 5.74) is -0.167. The van der Waals surface area contributed by atoms with Gasteiger partial charge >= 0.3 is 6.09 Å². The van der Waals surface area contributed by atoms with Crippen LogP contribution >= 0.6 is 0 Å². The number of rotatable bonds is 3. The van der Waals surface area contributed by atoms with Crippen LogP contribution in [-0.2, 0) is 4.74 Å². The topological polar surface area (TPSA) is 41.6 Å². The molecule has 1 aliphatic heterocycles. The van der Waals surface area contributed by atoms with Gasteiger partial charge in [0.25, 0.3) is 0 Å². The van der Waals surface area contributed by atoms with Crippen LogP contribution in [0.5, 0.6) is 0 Å². The standard InChI is InChI=1S/C13H26N2O2/c1-6-17-12(16)15-8-11(7-10(2)3)14-9-13(15,4)5/h10-11,14H,6-9H2,1-5H3. The van der Waals surface area contributed by atoms with Gasteiger partial charge in [-0.3, -0.25) is 0 Å². The second kappa shape index (κ2) is 5.71. The zero-order valence-electron chi connectivity index (χ0n) is 11.7. The lowest BCUT2D eigenvalue weighted by Crippen LogP contribution is -2.63. The number of amides is 1. The summed E-state index contributed by atoms with van der Waals surface area (Å²) in [6.45, 7) is 12.4. The molecule has 0 aromatic rings. The lowest BCUT2D eigenvalue weighted by Gasteiger charge is -2.45. The number of ether oxygens (including phenoxy) is 1. The Morgan fingerprint density at radius 3 is 2.71 bits per heavy atom. The molecule has 0 aromatic heterocycles. The fourth-order valence-corrected chi connectivity index (χ4v) is 2.27. The first-order valence-electron chi connectivity index (χ1n) is 6.54. The highest BCUT2D eigenvalue weighted by Gasteiger charge is 2.37. The van der Waals surface area contributed by atoms with E-state index in [1.807, 2.05) is 11.8 Å². The highest BCUT2D eigenvalue weighted by Crippen LogP contribution is 2.22. The average Bonchev–Trinajstić information content (AvgIpc) is 2.20. The van der Waals surface area contributed by atoms with E-state index in [1.165, 1.54) is 0 Å². The minimum absolute atomic E-state index is 0.167. The summed E-state index contributed by atoms with van der Waals surface area (Å²) >= 11 is 0. The van der Waals surface area contributed by atoms with E-state index >= 15 is 0 Å². The van der Waals surface area contributed by atoms with Gasteiger partial charge in [0.05, 0.1) is 12.1 Å². The van der Waals surface area contributed by atoms with Crippen LogP contribution in [0.3, 0.4) is 0 Å². The Bertz CT molecular complexity index is 264. The zero-order chi connectivity index (χ0) is 13.1. The number of hydrogen-bond acceptors (Lipinski definition) is 3. The van der Waals surface area contributed by atoms with E-state index in [9.17, 15) is 4.79 Å². The Hall–Kier alpha value is -0.770. The van der Waals surface area contributed by atoms with E-state index in [-0.39, 0.29) is 11.6 Å². The number of carbonyl (C=O) groups is 1. The molecule has 1 fully saturated rings. The minimum atomic E-state index is -0.187. The minimum Gasteiger partial charge on any atom is -0.450 e. The molecule has 1 saturated heterocycles. The molecule has 0 saturated carbocycles. The molecule has 1 heterocycles. The molecule has 1 amide bonds. The van der Waals surface area contributed by atoms with Crippen molar-refractivity contribution >= 4 is 6.09 Å². The molecular formula is C13H26N2O2. The SMILES string of the molecule is CCOC(=O)N1CC(CC(C)C)NCC1(C)C. The first-order valence-corrected chi connectivity index (χ1v) is 6.54. The van der Waals surface area contributed by atoms with Gasteiger partial charge in [0.15, 0.2) is 0 Å². The lowest BCUT2D eigenvalue weighted by molar-refractivity contribution is 0.0378. The Labute approximate surface area is 105 Å². The van der Waals surface area contributed by atoms with Crippen molar-refractivity contribution in [2.24, 2.45) is 5.92 Å². The van der Waals surface area contributed by atoms with Gasteiger partial charge in [0, 0.05) is 19.1 Å². The van der Waals surface area contributed by atoms with Gasteiger partial charge in [-0.05, 0) is 33.1 Å². The van der Waals surface area contributed by atoms with E-state index in [1.54, 1.807) is 0 Å². The van der Waals surface area contributed by atoms with E-state index in [4.69, 9.17) is 4.74 Å². The van der Waals surface area contributed by atoms with E-state index in [0.717, 1.165) is 19.5 Å². The van der Waals surface area contributed by atoms with Crippen molar-refractivity contribution < 1.29 is 9.53 Å². The second-order valence-electron chi connectivity index (χ2n) is 5.83. The third-order valence-electron chi connectivity index (χ3n) is 3.20. The second-order valence-corrected chi connectivity index (χ2v) is 5.83. The van der Waals surface area contributed by atoms with Gasteiger partial charge < -0.3 is 15.0 Å². The Kier molecular flexibility index (Phi) is 4.80. The maximum atomic E-state index is 11.9. The Morgan fingerprint density at radius 2 is 2.18 bits per heavy atom. The van der Waals surface area contributed by atoms with Crippen molar-refractivity contribution in [3.05, 3.63) is 0 Å². The summed E-state index contributed by atoms with van der Waals surface area (Å²) in [6, 6.07) is 0.382. The van der Waals surface area contributed by atoms with Crippen LogP contribution in [0.2, 0.25) is 0 Å². The van der Waals surface area contributed by atoms with Crippen molar-refractivity contribution in [1.82, 2.24) is 10.2 Å². The lowest BCUT2D eigenvalue weighted by atomic mass is 9.94.